The highest BCUT2D eigenvalue weighted by atomic mass is 35.5. The van der Waals surface area contributed by atoms with Gasteiger partial charge in [0.1, 0.15) is 11.5 Å². The van der Waals surface area contributed by atoms with Gasteiger partial charge in [-0.1, -0.05) is 17.7 Å². The van der Waals surface area contributed by atoms with E-state index in [9.17, 15) is 14.0 Å². The van der Waals surface area contributed by atoms with Gasteiger partial charge >= 0.3 is 6.03 Å². The van der Waals surface area contributed by atoms with Crippen molar-refractivity contribution in [1.82, 2.24) is 14.8 Å². The second kappa shape index (κ2) is 7.52. The summed E-state index contributed by atoms with van der Waals surface area (Å²) in [7, 11) is 0. The van der Waals surface area contributed by atoms with Crippen LogP contribution in [-0.4, -0.2) is 52.9 Å². The van der Waals surface area contributed by atoms with E-state index in [-0.39, 0.29) is 11.9 Å². The minimum absolute atomic E-state index is 0.113. The van der Waals surface area contributed by atoms with Crippen LogP contribution in [0.15, 0.2) is 48.5 Å². The third-order valence-electron chi connectivity index (χ3n) is 4.74. The Balaban J connectivity index is 1.37. The van der Waals surface area contributed by atoms with E-state index in [2.05, 4.69) is 10.3 Å². The van der Waals surface area contributed by atoms with Crippen LogP contribution < -0.4 is 5.32 Å². The number of fused-ring (bicyclic) bond motifs is 1. The third kappa shape index (κ3) is 3.80. The van der Waals surface area contributed by atoms with Gasteiger partial charge in [0.2, 0.25) is 0 Å². The van der Waals surface area contributed by atoms with Crippen LogP contribution in [0, 0.1) is 5.82 Å². The smallest absolute Gasteiger partial charge is 0.321 e. The number of hydrogen-bond donors (Lipinski definition) is 2. The van der Waals surface area contributed by atoms with Crippen LogP contribution in [0.25, 0.3) is 10.9 Å². The molecule has 0 bridgehead atoms. The molecule has 3 amide bonds. The van der Waals surface area contributed by atoms with Gasteiger partial charge in [0.25, 0.3) is 5.91 Å². The summed E-state index contributed by atoms with van der Waals surface area (Å²) in [5.41, 5.74) is 1.75. The van der Waals surface area contributed by atoms with Crippen LogP contribution >= 0.6 is 11.6 Å². The molecule has 0 saturated carbocycles. The normalized spacial score (nSPS) is 14.4. The summed E-state index contributed by atoms with van der Waals surface area (Å²) in [6, 6.07) is 12.6. The molecule has 2 aromatic carbocycles. The summed E-state index contributed by atoms with van der Waals surface area (Å²) in [5.74, 6) is -0.523. The van der Waals surface area contributed by atoms with E-state index in [1.165, 1.54) is 18.2 Å². The summed E-state index contributed by atoms with van der Waals surface area (Å²) in [6.45, 7) is 1.65. The second-order valence-corrected chi connectivity index (χ2v) is 7.07. The van der Waals surface area contributed by atoms with E-state index in [0.29, 0.717) is 42.6 Å². The van der Waals surface area contributed by atoms with Crippen molar-refractivity contribution in [2.45, 2.75) is 0 Å². The molecule has 1 aliphatic heterocycles. The molecule has 1 aromatic heterocycles. The molecular weight excluding hydrogens is 383 g/mol. The first-order valence-electron chi connectivity index (χ1n) is 8.89. The first-order valence-corrected chi connectivity index (χ1v) is 9.26. The van der Waals surface area contributed by atoms with Crippen LogP contribution in [-0.2, 0) is 0 Å². The molecule has 0 radical (unpaired) electrons. The van der Waals surface area contributed by atoms with Crippen LogP contribution in [0.3, 0.4) is 0 Å². The van der Waals surface area contributed by atoms with E-state index in [0.717, 1.165) is 10.9 Å². The number of piperazine rings is 1. The zero-order valence-corrected chi connectivity index (χ0v) is 15.7. The van der Waals surface area contributed by atoms with Gasteiger partial charge in [0, 0.05) is 47.8 Å². The fourth-order valence-corrected chi connectivity index (χ4v) is 3.45. The molecule has 6 nitrogen and oxygen atoms in total. The lowest BCUT2D eigenvalue weighted by Crippen LogP contribution is -2.51. The molecule has 0 unspecified atom stereocenters. The molecule has 8 heteroatoms. The molecule has 3 aromatic rings. The highest BCUT2D eigenvalue weighted by Gasteiger charge is 2.25. The Morgan fingerprint density at radius 1 is 1.00 bits per heavy atom. The number of halogens is 2. The molecule has 2 N–H and O–H groups in total. The molecule has 0 aliphatic carbocycles. The summed E-state index contributed by atoms with van der Waals surface area (Å²) < 4.78 is 13.2. The van der Waals surface area contributed by atoms with E-state index < -0.39 is 5.82 Å². The molecule has 1 saturated heterocycles. The van der Waals surface area contributed by atoms with Crippen molar-refractivity contribution in [2.24, 2.45) is 0 Å². The SMILES string of the molecule is O=C(Nc1cccc(F)c1)N1CCN(C(=O)c2cc3cc(Cl)ccc3[nH]2)CC1. The van der Waals surface area contributed by atoms with E-state index >= 15 is 0 Å². The number of hydrogen-bond acceptors (Lipinski definition) is 2. The van der Waals surface area contributed by atoms with Crippen LogP contribution in [0.5, 0.6) is 0 Å². The number of aromatic nitrogens is 1. The van der Waals surface area contributed by atoms with Gasteiger partial charge in [-0.05, 0) is 42.5 Å². The van der Waals surface area contributed by atoms with Gasteiger partial charge in [0.15, 0.2) is 0 Å². The summed E-state index contributed by atoms with van der Waals surface area (Å²) in [5, 5.41) is 4.17. The maximum atomic E-state index is 13.2. The number of nitrogens with zero attached hydrogens (tertiary/aromatic N) is 2. The third-order valence-corrected chi connectivity index (χ3v) is 4.98. The predicted molar refractivity (Wildman–Crippen MR) is 106 cm³/mol. The van der Waals surface area contributed by atoms with Crippen molar-refractivity contribution < 1.29 is 14.0 Å². The van der Waals surface area contributed by atoms with Crippen molar-refractivity contribution >= 4 is 40.1 Å². The molecule has 144 valence electrons. The number of benzene rings is 2. The minimum atomic E-state index is -0.409. The Hall–Kier alpha value is -3.06. The number of urea groups is 1. The lowest BCUT2D eigenvalue weighted by Gasteiger charge is -2.34. The number of rotatable bonds is 2. The number of amides is 3. The predicted octanol–water partition coefficient (Wildman–Crippen LogP) is 3.95. The average molecular weight is 401 g/mol. The Labute approximate surface area is 165 Å². The summed E-state index contributed by atoms with van der Waals surface area (Å²) in [4.78, 5) is 31.5. The monoisotopic (exact) mass is 400 g/mol. The van der Waals surface area contributed by atoms with Gasteiger partial charge in [-0.15, -0.1) is 0 Å². The van der Waals surface area contributed by atoms with Crippen LogP contribution in [0.1, 0.15) is 10.5 Å². The first kappa shape index (κ1) is 18.3. The van der Waals surface area contributed by atoms with Crippen molar-refractivity contribution in [3.05, 3.63) is 65.1 Å². The van der Waals surface area contributed by atoms with E-state index in [1.807, 2.05) is 6.07 Å². The molecule has 2 heterocycles. The molecular formula is C20H18ClFN4O2. The number of carbonyl (C=O) groups is 2. The van der Waals surface area contributed by atoms with Crippen molar-refractivity contribution in [1.29, 1.82) is 0 Å². The van der Waals surface area contributed by atoms with Crippen LogP contribution in [0.4, 0.5) is 14.9 Å². The Morgan fingerprint density at radius 2 is 1.75 bits per heavy atom. The van der Waals surface area contributed by atoms with E-state index in [4.69, 9.17) is 11.6 Å². The summed E-state index contributed by atoms with van der Waals surface area (Å²) >= 11 is 6.00. The zero-order chi connectivity index (χ0) is 19.7. The number of H-pyrrole nitrogens is 1. The largest absolute Gasteiger partial charge is 0.351 e. The standard InChI is InChI=1S/C20H18ClFN4O2/c21-14-4-5-17-13(10-14)11-18(24-17)19(27)25-6-8-26(9-7-25)20(28)23-16-3-1-2-15(22)12-16/h1-5,10-12,24H,6-9H2,(H,23,28). The van der Waals surface area contributed by atoms with Gasteiger partial charge in [0.05, 0.1) is 0 Å². The van der Waals surface area contributed by atoms with Crippen molar-refractivity contribution in [2.75, 3.05) is 31.5 Å². The Morgan fingerprint density at radius 3 is 2.50 bits per heavy atom. The fourth-order valence-electron chi connectivity index (χ4n) is 3.27. The first-order chi connectivity index (χ1) is 13.5. The van der Waals surface area contributed by atoms with Gasteiger partial charge in [-0.25, -0.2) is 9.18 Å². The summed E-state index contributed by atoms with van der Waals surface area (Å²) in [6.07, 6.45) is 0. The molecule has 1 aliphatic rings. The molecule has 28 heavy (non-hydrogen) atoms. The Bertz CT molecular complexity index is 1040. The highest BCUT2D eigenvalue weighted by molar-refractivity contribution is 6.31. The fraction of sp³-hybridized carbons (Fsp3) is 0.200. The molecule has 4 rings (SSSR count). The van der Waals surface area contributed by atoms with Gasteiger partial charge in [-0.2, -0.15) is 0 Å². The maximum Gasteiger partial charge on any atom is 0.321 e. The lowest BCUT2D eigenvalue weighted by atomic mass is 10.2. The van der Waals surface area contributed by atoms with Crippen molar-refractivity contribution in [3.8, 4) is 0 Å². The molecule has 1 fully saturated rings. The quantitative estimate of drug-likeness (QED) is 0.684. The highest BCUT2D eigenvalue weighted by Crippen LogP contribution is 2.21. The average Bonchev–Trinajstić information content (AvgIpc) is 3.10. The number of carbonyl (C=O) groups excluding carboxylic acids is 2. The topological polar surface area (TPSA) is 68.4 Å². The van der Waals surface area contributed by atoms with E-state index in [1.54, 1.807) is 34.1 Å². The number of anilines is 1. The van der Waals surface area contributed by atoms with Crippen molar-refractivity contribution in [3.63, 3.8) is 0 Å². The molecule has 0 spiro atoms. The number of aromatic amines is 1. The zero-order valence-electron chi connectivity index (χ0n) is 14.9. The van der Waals surface area contributed by atoms with Gasteiger partial charge in [-0.3, -0.25) is 4.79 Å². The minimum Gasteiger partial charge on any atom is -0.351 e. The lowest BCUT2D eigenvalue weighted by molar-refractivity contribution is 0.0667. The van der Waals surface area contributed by atoms with Crippen LogP contribution in [0.2, 0.25) is 5.02 Å². The molecule has 0 atom stereocenters. The number of nitrogens with one attached hydrogen (secondary N) is 2. The van der Waals surface area contributed by atoms with Gasteiger partial charge < -0.3 is 20.1 Å². The Kier molecular flexibility index (Phi) is 4.92. The maximum absolute atomic E-state index is 13.2. The second-order valence-electron chi connectivity index (χ2n) is 6.63.